The Morgan fingerprint density at radius 2 is 1.81 bits per heavy atom. The molecule has 1 aromatic rings. The lowest BCUT2D eigenvalue weighted by Crippen LogP contribution is -2.43. The van der Waals surface area contributed by atoms with Crippen LogP contribution in [0, 0.1) is 23.7 Å². The Labute approximate surface area is 223 Å². The first-order chi connectivity index (χ1) is 17.2. The molecule has 0 saturated heterocycles. The molecule has 4 heteroatoms. The summed E-state index contributed by atoms with van der Waals surface area (Å²) in [4.78, 5) is 13.8. The lowest BCUT2D eigenvalue weighted by Gasteiger charge is -2.42. The average molecular weight is 507 g/mol. The van der Waals surface area contributed by atoms with Crippen molar-refractivity contribution in [2.24, 2.45) is 16.7 Å². The SMILES string of the molecule is CC(C)=CC=C[C@@]1(C)CCc2c(O)c(C(=O)O[C@@H]3C(C)(C)[C@H]4CC[C@]3(C)C4)c(C)c(CC=C(C)C)c2O1. The maximum Gasteiger partial charge on any atom is 0.342 e. The number of phenols is 1. The van der Waals surface area contributed by atoms with E-state index in [0.29, 0.717) is 30.1 Å². The summed E-state index contributed by atoms with van der Waals surface area (Å²) in [6, 6.07) is 0. The highest BCUT2D eigenvalue weighted by Gasteiger charge is 2.61. The van der Waals surface area contributed by atoms with Crippen LogP contribution in [-0.4, -0.2) is 22.8 Å². The van der Waals surface area contributed by atoms with Crippen LogP contribution < -0.4 is 4.74 Å². The topological polar surface area (TPSA) is 55.8 Å². The van der Waals surface area contributed by atoms with Crippen molar-refractivity contribution < 1.29 is 19.4 Å². The van der Waals surface area contributed by atoms with Crippen LogP contribution in [0.15, 0.2) is 35.5 Å². The van der Waals surface area contributed by atoms with E-state index in [4.69, 9.17) is 9.47 Å². The van der Waals surface area contributed by atoms with Gasteiger partial charge in [0.2, 0.25) is 0 Å². The molecule has 1 aliphatic heterocycles. The van der Waals surface area contributed by atoms with E-state index < -0.39 is 11.6 Å². The number of fused-ring (bicyclic) bond motifs is 3. The van der Waals surface area contributed by atoms with Crippen molar-refractivity contribution in [3.8, 4) is 11.5 Å². The van der Waals surface area contributed by atoms with Crippen LogP contribution in [0.5, 0.6) is 11.5 Å². The summed E-state index contributed by atoms with van der Waals surface area (Å²) < 4.78 is 13.0. The van der Waals surface area contributed by atoms with Gasteiger partial charge in [-0.15, -0.1) is 0 Å². The number of hydrogen-bond acceptors (Lipinski definition) is 4. The molecule has 4 rings (SSSR count). The number of rotatable bonds is 6. The van der Waals surface area contributed by atoms with Gasteiger partial charge in [-0.05, 0) is 97.6 Å². The molecule has 1 N–H and O–H groups in total. The van der Waals surface area contributed by atoms with Crippen molar-refractivity contribution in [2.75, 3.05) is 0 Å². The van der Waals surface area contributed by atoms with Gasteiger partial charge in [-0.3, -0.25) is 0 Å². The zero-order valence-corrected chi connectivity index (χ0v) is 24.4. The Kier molecular flexibility index (Phi) is 7.20. The molecule has 4 atom stereocenters. The molecule has 0 aromatic heterocycles. The summed E-state index contributed by atoms with van der Waals surface area (Å²) in [6.07, 6.45) is 13.6. The summed E-state index contributed by atoms with van der Waals surface area (Å²) in [6.45, 7) is 19.0. The van der Waals surface area contributed by atoms with E-state index in [1.165, 1.54) is 17.6 Å². The molecule has 202 valence electrons. The second-order valence-electron chi connectivity index (χ2n) is 13.3. The minimum absolute atomic E-state index is 0.00893. The van der Waals surface area contributed by atoms with E-state index in [-0.39, 0.29) is 22.7 Å². The quantitative estimate of drug-likeness (QED) is 0.240. The lowest BCUT2D eigenvalue weighted by atomic mass is 9.70. The summed E-state index contributed by atoms with van der Waals surface area (Å²) in [5.41, 5.74) is 4.63. The van der Waals surface area contributed by atoms with Crippen molar-refractivity contribution in [3.63, 3.8) is 0 Å². The molecule has 1 heterocycles. The fourth-order valence-electron chi connectivity index (χ4n) is 7.03. The summed E-state index contributed by atoms with van der Waals surface area (Å²) in [5, 5.41) is 11.5. The van der Waals surface area contributed by atoms with Gasteiger partial charge in [-0.25, -0.2) is 4.79 Å². The number of hydrogen-bond donors (Lipinski definition) is 1. The Bertz CT molecular complexity index is 1170. The predicted octanol–water partition coefficient (Wildman–Crippen LogP) is 8.19. The van der Waals surface area contributed by atoms with Crippen LogP contribution in [0.4, 0.5) is 0 Å². The monoisotopic (exact) mass is 506 g/mol. The Balaban J connectivity index is 1.75. The van der Waals surface area contributed by atoms with Gasteiger partial charge in [-0.2, -0.15) is 0 Å². The molecule has 3 aliphatic rings. The number of carbonyl (C=O) groups excluding carboxylic acids is 1. The third-order valence-corrected chi connectivity index (χ3v) is 9.26. The van der Waals surface area contributed by atoms with E-state index in [1.54, 1.807) is 0 Å². The van der Waals surface area contributed by atoms with Crippen LogP contribution in [0.25, 0.3) is 0 Å². The zero-order valence-electron chi connectivity index (χ0n) is 24.4. The van der Waals surface area contributed by atoms with Crippen LogP contribution in [0.1, 0.15) is 108 Å². The second-order valence-corrected chi connectivity index (χ2v) is 13.3. The Hall–Kier alpha value is -2.49. The molecule has 2 aliphatic carbocycles. The number of aromatic hydroxyl groups is 1. The van der Waals surface area contributed by atoms with Crippen molar-refractivity contribution in [3.05, 3.63) is 57.7 Å². The van der Waals surface area contributed by atoms with E-state index in [0.717, 1.165) is 36.0 Å². The van der Waals surface area contributed by atoms with E-state index in [1.807, 2.05) is 13.0 Å². The highest BCUT2D eigenvalue weighted by molar-refractivity contribution is 5.96. The summed E-state index contributed by atoms with van der Waals surface area (Å²) in [7, 11) is 0. The third-order valence-electron chi connectivity index (χ3n) is 9.26. The van der Waals surface area contributed by atoms with Gasteiger partial charge in [0.15, 0.2) is 0 Å². The molecule has 37 heavy (non-hydrogen) atoms. The first-order valence-corrected chi connectivity index (χ1v) is 13.9. The van der Waals surface area contributed by atoms with Gasteiger partial charge in [0, 0.05) is 22.0 Å². The molecule has 0 spiro atoms. The lowest BCUT2D eigenvalue weighted by molar-refractivity contribution is -0.0586. The maximum absolute atomic E-state index is 13.8. The van der Waals surface area contributed by atoms with Crippen LogP contribution >= 0.6 is 0 Å². The largest absolute Gasteiger partial charge is 0.507 e. The van der Waals surface area contributed by atoms with Gasteiger partial charge in [0.1, 0.15) is 28.8 Å². The smallest absolute Gasteiger partial charge is 0.342 e. The highest BCUT2D eigenvalue weighted by Crippen LogP contribution is 2.63. The van der Waals surface area contributed by atoms with Gasteiger partial charge in [0.25, 0.3) is 0 Å². The first-order valence-electron chi connectivity index (χ1n) is 13.9. The minimum Gasteiger partial charge on any atom is -0.507 e. The molecule has 4 nitrogen and oxygen atoms in total. The molecular formula is C33H46O4. The number of ether oxygens (including phenoxy) is 2. The standard InChI is InChI=1S/C33H46O4/c1-20(2)11-10-16-33(9)18-15-25-27(34)26(22(5)24(28(25)37-33)13-12-21(3)4)29(35)36-30-31(6,7)23-14-17-32(30,8)19-23/h10-12,16,23,30,34H,13-15,17-19H2,1-9H3/t23-,30+,32+,33-/m0/s1. The van der Waals surface area contributed by atoms with E-state index in [9.17, 15) is 9.90 Å². The molecule has 2 fully saturated rings. The molecular weight excluding hydrogens is 460 g/mol. The number of phenolic OH excluding ortho intramolecular Hbond substituents is 1. The van der Waals surface area contributed by atoms with Crippen molar-refractivity contribution in [1.29, 1.82) is 0 Å². The Morgan fingerprint density at radius 3 is 2.41 bits per heavy atom. The van der Waals surface area contributed by atoms with Gasteiger partial charge >= 0.3 is 5.97 Å². The number of esters is 1. The minimum atomic E-state index is -0.485. The van der Waals surface area contributed by atoms with Crippen LogP contribution in [0.2, 0.25) is 0 Å². The molecule has 2 bridgehead atoms. The number of allylic oxidation sites excluding steroid dienone is 5. The van der Waals surface area contributed by atoms with Crippen molar-refractivity contribution >= 4 is 5.97 Å². The molecule has 0 radical (unpaired) electrons. The van der Waals surface area contributed by atoms with Crippen molar-refractivity contribution in [1.82, 2.24) is 0 Å². The number of benzene rings is 1. The molecule has 0 amide bonds. The average Bonchev–Trinajstić information content (AvgIpc) is 3.27. The molecule has 1 aromatic carbocycles. The zero-order chi connectivity index (χ0) is 27.3. The van der Waals surface area contributed by atoms with E-state index >= 15 is 0 Å². The van der Waals surface area contributed by atoms with Gasteiger partial charge in [0.05, 0.1) is 0 Å². The second kappa shape index (κ2) is 9.67. The van der Waals surface area contributed by atoms with Gasteiger partial charge < -0.3 is 14.6 Å². The van der Waals surface area contributed by atoms with Crippen molar-refractivity contribution in [2.45, 2.75) is 113 Å². The summed E-state index contributed by atoms with van der Waals surface area (Å²) >= 11 is 0. The van der Waals surface area contributed by atoms with Gasteiger partial charge in [-0.1, -0.05) is 50.1 Å². The van der Waals surface area contributed by atoms with Crippen LogP contribution in [-0.2, 0) is 17.6 Å². The molecule has 0 unspecified atom stereocenters. The molecule has 2 saturated carbocycles. The maximum atomic E-state index is 13.8. The Morgan fingerprint density at radius 1 is 1.11 bits per heavy atom. The fourth-order valence-corrected chi connectivity index (χ4v) is 7.03. The summed E-state index contributed by atoms with van der Waals surface area (Å²) in [5.74, 6) is 0.916. The fraction of sp³-hybridized carbons (Fsp3) is 0.606. The number of carbonyl (C=O) groups is 1. The first kappa shape index (κ1) is 27.5. The highest BCUT2D eigenvalue weighted by atomic mass is 16.5. The van der Waals surface area contributed by atoms with Crippen LogP contribution in [0.3, 0.4) is 0 Å². The normalized spacial score (nSPS) is 29.5. The van der Waals surface area contributed by atoms with E-state index in [2.05, 4.69) is 73.6 Å². The predicted molar refractivity (Wildman–Crippen MR) is 150 cm³/mol. The third kappa shape index (κ3) is 5.01.